The van der Waals surface area contributed by atoms with Gasteiger partial charge in [0.15, 0.2) is 0 Å². The summed E-state index contributed by atoms with van der Waals surface area (Å²) >= 11 is 0. The lowest BCUT2D eigenvalue weighted by molar-refractivity contribution is -0.139. The van der Waals surface area contributed by atoms with Crippen molar-refractivity contribution in [2.45, 2.75) is 45.0 Å². The molecular formula is C25H30N6O4. The zero-order valence-corrected chi connectivity index (χ0v) is 19.4. The Kier molecular flexibility index (Phi) is 8.29. The van der Waals surface area contributed by atoms with Crippen molar-refractivity contribution in [2.75, 3.05) is 18.4 Å². The minimum atomic E-state index is -1.14. The summed E-state index contributed by atoms with van der Waals surface area (Å²) in [7, 11) is 0. The Bertz CT molecular complexity index is 1130. The summed E-state index contributed by atoms with van der Waals surface area (Å²) in [5.41, 5.74) is 4.03. The number of rotatable bonds is 11. The number of carboxylic acid groups (broad SMARTS) is 1. The van der Waals surface area contributed by atoms with Crippen molar-refractivity contribution in [2.24, 2.45) is 0 Å². The van der Waals surface area contributed by atoms with Gasteiger partial charge < -0.3 is 25.8 Å². The van der Waals surface area contributed by atoms with E-state index in [1.54, 1.807) is 6.20 Å². The summed E-state index contributed by atoms with van der Waals surface area (Å²) < 4.78 is 6.95. The van der Waals surface area contributed by atoms with Crippen LogP contribution in [0.1, 0.15) is 28.8 Å². The Morgan fingerprint density at radius 2 is 2.03 bits per heavy atom. The predicted octanol–water partition coefficient (Wildman–Crippen LogP) is 2.35. The summed E-state index contributed by atoms with van der Waals surface area (Å²) in [4.78, 5) is 28.2. The Morgan fingerprint density at radius 3 is 2.86 bits per heavy atom. The van der Waals surface area contributed by atoms with Gasteiger partial charge >= 0.3 is 12.1 Å². The topological polar surface area (TPSA) is 130 Å². The monoisotopic (exact) mass is 478 g/mol. The van der Waals surface area contributed by atoms with E-state index in [-0.39, 0.29) is 13.2 Å². The highest BCUT2D eigenvalue weighted by atomic mass is 16.5. The van der Waals surface area contributed by atoms with Crippen molar-refractivity contribution in [1.82, 2.24) is 25.4 Å². The number of anilines is 1. The highest BCUT2D eigenvalue weighted by molar-refractivity contribution is 5.80. The molecule has 3 heterocycles. The van der Waals surface area contributed by atoms with Gasteiger partial charge in [0.2, 0.25) is 0 Å². The number of aromatic nitrogens is 3. The number of aliphatic carboxylic acids is 1. The second-order valence-electron chi connectivity index (χ2n) is 8.43. The number of amides is 1. The number of fused-ring (bicyclic) bond motifs is 1. The molecule has 3 aromatic rings. The molecule has 0 bridgehead atoms. The normalized spacial score (nSPS) is 13.4. The molecule has 0 saturated carbocycles. The van der Waals surface area contributed by atoms with Crippen LogP contribution in [0.2, 0.25) is 0 Å². The van der Waals surface area contributed by atoms with Crippen LogP contribution in [-0.2, 0) is 42.1 Å². The number of ether oxygens (including phenoxy) is 1. The quantitative estimate of drug-likeness (QED) is 0.330. The van der Waals surface area contributed by atoms with Crippen molar-refractivity contribution < 1.29 is 19.4 Å². The predicted molar refractivity (Wildman–Crippen MR) is 130 cm³/mol. The number of nitrogens with zero attached hydrogens (tertiary/aromatic N) is 3. The summed E-state index contributed by atoms with van der Waals surface area (Å²) in [6.07, 6.45) is 5.85. The van der Waals surface area contributed by atoms with Gasteiger partial charge in [0.05, 0.1) is 6.20 Å². The van der Waals surface area contributed by atoms with Gasteiger partial charge in [-0.3, -0.25) is 4.68 Å². The first kappa shape index (κ1) is 24.2. The van der Waals surface area contributed by atoms with Gasteiger partial charge in [-0.1, -0.05) is 36.4 Å². The van der Waals surface area contributed by atoms with Crippen LogP contribution in [0.4, 0.5) is 10.6 Å². The maximum atomic E-state index is 12.0. The van der Waals surface area contributed by atoms with E-state index in [1.165, 1.54) is 5.56 Å². The largest absolute Gasteiger partial charge is 0.480 e. The zero-order chi connectivity index (χ0) is 24.5. The number of carbonyl (C=O) groups excluding carboxylic acids is 1. The van der Waals surface area contributed by atoms with Gasteiger partial charge in [-0.05, 0) is 30.0 Å². The Labute approximate surface area is 203 Å². The van der Waals surface area contributed by atoms with E-state index in [9.17, 15) is 14.7 Å². The Morgan fingerprint density at radius 1 is 1.17 bits per heavy atom. The lowest BCUT2D eigenvalue weighted by Crippen LogP contribution is -2.47. The molecule has 0 aliphatic carbocycles. The van der Waals surface area contributed by atoms with Gasteiger partial charge in [0.25, 0.3) is 0 Å². The highest BCUT2D eigenvalue weighted by Gasteiger charge is 2.20. The molecule has 1 aromatic carbocycles. The molecule has 1 atom stereocenters. The van der Waals surface area contributed by atoms with Crippen LogP contribution in [0.25, 0.3) is 0 Å². The van der Waals surface area contributed by atoms with Gasteiger partial charge in [-0.25, -0.2) is 14.6 Å². The second kappa shape index (κ2) is 12.0. The number of nitrogens with one attached hydrogen (secondary N) is 3. The fourth-order valence-corrected chi connectivity index (χ4v) is 3.83. The van der Waals surface area contributed by atoms with Gasteiger partial charge in [-0.2, -0.15) is 5.10 Å². The molecule has 0 radical (unpaired) electrons. The van der Waals surface area contributed by atoms with Crippen molar-refractivity contribution in [3.63, 3.8) is 0 Å². The molecule has 184 valence electrons. The molecule has 10 heteroatoms. The molecule has 1 aliphatic heterocycles. The van der Waals surface area contributed by atoms with E-state index in [1.807, 2.05) is 41.2 Å². The molecule has 4 rings (SSSR count). The molecule has 1 unspecified atom stereocenters. The van der Waals surface area contributed by atoms with Crippen LogP contribution >= 0.6 is 0 Å². The minimum absolute atomic E-state index is 0.0486. The summed E-state index contributed by atoms with van der Waals surface area (Å²) in [6, 6.07) is 12.3. The zero-order valence-electron chi connectivity index (χ0n) is 19.4. The first-order valence-corrected chi connectivity index (χ1v) is 11.7. The average Bonchev–Trinajstić information content (AvgIpc) is 3.33. The number of carboxylic acids is 1. The SMILES string of the molecule is O=C(NC(CNCc1cnn(CCc2ccc3c(n2)NCCC3)c1)C(=O)O)OCc1ccccc1. The molecule has 2 aromatic heterocycles. The fourth-order valence-electron chi connectivity index (χ4n) is 3.83. The molecule has 1 aliphatic rings. The van der Waals surface area contributed by atoms with Crippen LogP contribution in [0.15, 0.2) is 54.9 Å². The number of benzene rings is 1. The third kappa shape index (κ3) is 7.28. The maximum absolute atomic E-state index is 12.0. The van der Waals surface area contributed by atoms with Gasteiger partial charge in [-0.15, -0.1) is 0 Å². The third-order valence-corrected chi connectivity index (χ3v) is 5.72. The van der Waals surface area contributed by atoms with E-state index in [0.29, 0.717) is 13.1 Å². The second-order valence-corrected chi connectivity index (χ2v) is 8.43. The lowest BCUT2D eigenvalue weighted by atomic mass is 10.1. The van der Waals surface area contributed by atoms with E-state index < -0.39 is 18.1 Å². The van der Waals surface area contributed by atoms with Gasteiger partial charge in [0, 0.05) is 50.1 Å². The van der Waals surface area contributed by atoms with Crippen LogP contribution in [-0.4, -0.2) is 51.1 Å². The molecule has 0 fully saturated rings. The average molecular weight is 479 g/mol. The fraction of sp³-hybridized carbons (Fsp3) is 0.360. The van der Waals surface area contributed by atoms with Gasteiger partial charge in [0.1, 0.15) is 18.5 Å². The molecule has 1 amide bonds. The number of hydrogen-bond acceptors (Lipinski definition) is 7. The highest BCUT2D eigenvalue weighted by Crippen LogP contribution is 2.20. The number of alkyl carbamates (subject to hydrolysis) is 1. The molecule has 10 nitrogen and oxygen atoms in total. The summed E-state index contributed by atoms with van der Waals surface area (Å²) in [5, 5.41) is 22.6. The number of hydrogen-bond donors (Lipinski definition) is 4. The van der Waals surface area contributed by atoms with Crippen molar-refractivity contribution >= 4 is 17.9 Å². The van der Waals surface area contributed by atoms with E-state index in [2.05, 4.69) is 33.2 Å². The molecule has 0 saturated heterocycles. The van der Waals surface area contributed by atoms with Crippen molar-refractivity contribution in [3.8, 4) is 0 Å². The van der Waals surface area contributed by atoms with E-state index in [0.717, 1.165) is 48.4 Å². The number of carbonyl (C=O) groups is 2. The van der Waals surface area contributed by atoms with E-state index in [4.69, 9.17) is 9.72 Å². The minimum Gasteiger partial charge on any atom is -0.480 e. The van der Waals surface area contributed by atoms with E-state index >= 15 is 0 Å². The standard InChI is InChI=1S/C25H30N6O4/c32-24(33)22(30-25(34)35-17-18-5-2-1-3-6-18)15-26-13-19-14-28-31(16-19)12-10-21-9-8-20-7-4-11-27-23(20)29-21/h1-3,5-6,8-9,14,16,22,26H,4,7,10-13,15,17H2,(H,27,29)(H,30,34)(H,32,33). The van der Waals surface area contributed by atoms with Crippen molar-refractivity contribution in [1.29, 1.82) is 0 Å². The molecular weight excluding hydrogens is 448 g/mol. The summed E-state index contributed by atoms with van der Waals surface area (Å²) in [6.45, 7) is 2.20. The Hall–Kier alpha value is -3.92. The third-order valence-electron chi connectivity index (χ3n) is 5.72. The summed E-state index contributed by atoms with van der Waals surface area (Å²) in [5.74, 6) is -0.151. The number of aryl methyl sites for hydroxylation is 3. The van der Waals surface area contributed by atoms with Crippen LogP contribution < -0.4 is 16.0 Å². The first-order chi connectivity index (χ1) is 17.1. The number of pyridine rings is 1. The van der Waals surface area contributed by atoms with Crippen LogP contribution in [0.3, 0.4) is 0 Å². The van der Waals surface area contributed by atoms with Crippen LogP contribution in [0.5, 0.6) is 0 Å². The lowest BCUT2D eigenvalue weighted by Gasteiger charge is -2.17. The Balaban J connectivity index is 1.19. The maximum Gasteiger partial charge on any atom is 0.408 e. The smallest absolute Gasteiger partial charge is 0.408 e. The molecule has 0 spiro atoms. The molecule has 4 N–H and O–H groups in total. The van der Waals surface area contributed by atoms with Crippen LogP contribution in [0, 0.1) is 0 Å². The molecule has 35 heavy (non-hydrogen) atoms. The first-order valence-electron chi connectivity index (χ1n) is 11.7. The van der Waals surface area contributed by atoms with Crippen molar-refractivity contribution in [3.05, 3.63) is 77.2 Å².